The molecule has 0 radical (unpaired) electrons. The van der Waals surface area contributed by atoms with Crippen molar-refractivity contribution in [2.45, 2.75) is 38.5 Å². The molecule has 2 N–H and O–H groups in total. The lowest BCUT2D eigenvalue weighted by molar-refractivity contribution is -0.115. The predicted octanol–water partition coefficient (Wildman–Crippen LogP) is 3.29. The lowest BCUT2D eigenvalue weighted by atomic mass is 9.94. The molecule has 2 aromatic carbocycles. The molecule has 184 valence electrons. The molecule has 1 aliphatic rings. The lowest BCUT2D eigenvalue weighted by Gasteiger charge is -2.34. The number of amides is 2. The average Bonchev–Trinajstić information content (AvgIpc) is 2.81. The fraction of sp³-hybridized carbons (Fsp3) is 0.440. The molecule has 2 amide bonds. The van der Waals surface area contributed by atoms with Gasteiger partial charge in [0, 0.05) is 24.3 Å². The number of nitrogens with zero attached hydrogens (tertiary/aromatic N) is 1. The molecule has 8 nitrogen and oxygen atoms in total. The van der Waals surface area contributed by atoms with Gasteiger partial charge in [-0.2, -0.15) is 4.31 Å². The Kier molecular flexibility index (Phi) is 8.33. The molecular weight excluding hydrogens is 454 g/mol. The summed E-state index contributed by atoms with van der Waals surface area (Å²) in [7, 11) is -2.46. The first-order valence-corrected chi connectivity index (χ1v) is 12.9. The third-order valence-electron chi connectivity index (χ3n) is 5.96. The van der Waals surface area contributed by atoms with Crippen molar-refractivity contribution in [2.24, 2.45) is 11.8 Å². The first-order chi connectivity index (χ1) is 16.1. The molecule has 34 heavy (non-hydrogen) atoms. The summed E-state index contributed by atoms with van der Waals surface area (Å²) in [6, 6.07) is 11.7. The number of ether oxygens (including phenoxy) is 1. The quantitative estimate of drug-likeness (QED) is 0.595. The number of rotatable bonds is 8. The Bertz CT molecular complexity index is 1140. The van der Waals surface area contributed by atoms with Crippen LogP contribution in [0.25, 0.3) is 0 Å². The fourth-order valence-corrected chi connectivity index (χ4v) is 6.23. The number of carbonyl (C=O) groups excluding carboxylic acids is 2. The molecule has 3 rings (SSSR count). The van der Waals surface area contributed by atoms with Crippen molar-refractivity contribution >= 4 is 27.5 Å². The summed E-state index contributed by atoms with van der Waals surface area (Å²) in [4.78, 5) is 25.1. The van der Waals surface area contributed by atoms with Gasteiger partial charge in [-0.25, -0.2) is 8.42 Å². The molecular formula is C25H33N3O5S. The smallest absolute Gasteiger partial charge is 0.251 e. The number of nitrogens with one attached hydrogen (secondary N) is 2. The number of anilines is 1. The number of aryl methyl sites for hydroxylation is 1. The molecule has 0 spiro atoms. The summed E-state index contributed by atoms with van der Waals surface area (Å²) in [5.74, 6) is -0.249. The van der Waals surface area contributed by atoms with Gasteiger partial charge >= 0.3 is 0 Å². The summed E-state index contributed by atoms with van der Waals surface area (Å²) in [5, 5.41) is 5.36. The van der Waals surface area contributed by atoms with Crippen LogP contribution in [0.15, 0.2) is 47.4 Å². The number of benzene rings is 2. The van der Waals surface area contributed by atoms with Crippen LogP contribution >= 0.6 is 0 Å². The number of hydrogen-bond donors (Lipinski definition) is 2. The molecule has 1 heterocycles. The van der Waals surface area contributed by atoms with Crippen LogP contribution < -0.4 is 15.4 Å². The molecule has 9 heteroatoms. The maximum Gasteiger partial charge on any atom is 0.251 e. The van der Waals surface area contributed by atoms with Gasteiger partial charge in [-0.1, -0.05) is 39.0 Å². The van der Waals surface area contributed by atoms with Crippen LogP contribution in [0, 0.1) is 11.8 Å². The molecule has 2 aromatic rings. The Labute approximate surface area is 201 Å². The highest BCUT2D eigenvalue weighted by Crippen LogP contribution is 2.32. The predicted molar refractivity (Wildman–Crippen MR) is 131 cm³/mol. The van der Waals surface area contributed by atoms with Gasteiger partial charge in [-0.05, 0) is 54.5 Å². The maximum absolute atomic E-state index is 13.4. The topological polar surface area (TPSA) is 105 Å². The summed E-state index contributed by atoms with van der Waals surface area (Å²) in [5.41, 5.74) is 1.83. The van der Waals surface area contributed by atoms with Crippen molar-refractivity contribution in [3.8, 4) is 5.75 Å². The molecule has 0 aliphatic carbocycles. The molecule has 0 saturated carbocycles. The minimum atomic E-state index is -3.86. The van der Waals surface area contributed by atoms with Crippen LogP contribution in [0.4, 0.5) is 5.69 Å². The number of methoxy groups -OCH3 is 1. The monoisotopic (exact) mass is 487 g/mol. The van der Waals surface area contributed by atoms with E-state index >= 15 is 0 Å². The van der Waals surface area contributed by atoms with E-state index in [1.54, 1.807) is 0 Å². The number of piperidine rings is 1. The largest absolute Gasteiger partial charge is 0.495 e. The van der Waals surface area contributed by atoms with E-state index in [1.165, 1.54) is 29.6 Å². The molecule has 0 aromatic heterocycles. The number of hydrogen-bond acceptors (Lipinski definition) is 5. The molecule has 1 fully saturated rings. The third-order valence-corrected chi connectivity index (χ3v) is 7.81. The summed E-state index contributed by atoms with van der Waals surface area (Å²) in [6.07, 6.45) is 1.73. The van der Waals surface area contributed by atoms with Gasteiger partial charge in [0.05, 0.1) is 13.7 Å². The van der Waals surface area contributed by atoms with Crippen molar-refractivity contribution in [2.75, 3.05) is 32.1 Å². The van der Waals surface area contributed by atoms with Gasteiger partial charge in [0.15, 0.2) is 0 Å². The Morgan fingerprint density at radius 3 is 2.41 bits per heavy atom. The van der Waals surface area contributed by atoms with Crippen LogP contribution in [0.5, 0.6) is 5.75 Å². The van der Waals surface area contributed by atoms with E-state index in [2.05, 4.69) is 10.6 Å². The number of sulfonamides is 1. The summed E-state index contributed by atoms with van der Waals surface area (Å²) < 4.78 is 33.6. The van der Waals surface area contributed by atoms with Crippen LogP contribution in [0.1, 0.15) is 43.1 Å². The highest BCUT2D eigenvalue weighted by Gasteiger charge is 2.34. The van der Waals surface area contributed by atoms with Crippen LogP contribution in [-0.2, 0) is 21.2 Å². The third kappa shape index (κ3) is 5.95. The van der Waals surface area contributed by atoms with E-state index in [9.17, 15) is 18.0 Å². The molecule has 0 bridgehead atoms. The van der Waals surface area contributed by atoms with Gasteiger partial charge in [0.1, 0.15) is 10.6 Å². The summed E-state index contributed by atoms with van der Waals surface area (Å²) >= 11 is 0. The van der Waals surface area contributed by atoms with E-state index in [-0.39, 0.29) is 40.5 Å². The van der Waals surface area contributed by atoms with Crippen molar-refractivity contribution in [3.63, 3.8) is 0 Å². The van der Waals surface area contributed by atoms with Gasteiger partial charge in [0.2, 0.25) is 15.9 Å². The average molecular weight is 488 g/mol. The van der Waals surface area contributed by atoms with Crippen molar-refractivity contribution in [1.29, 1.82) is 0 Å². The number of carbonyl (C=O) groups is 2. The minimum Gasteiger partial charge on any atom is -0.495 e. The summed E-state index contributed by atoms with van der Waals surface area (Å²) in [6.45, 7) is 6.66. The maximum atomic E-state index is 13.4. The number of para-hydroxylation sites is 1. The SMILES string of the molecule is CCc1ccccc1NC(=O)CNC(=O)c1ccc(OC)c(S(=O)(=O)N2C[C@H](C)C[C@H](C)C2)c1. The Morgan fingerprint density at radius 1 is 1.09 bits per heavy atom. The molecule has 0 unspecified atom stereocenters. The van der Waals surface area contributed by atoms with Crippen LogP contribution in [0.2, 0.25) is 0 Å². The zero-order valence-electron chi connectivity index (χ0n) is 20.1. The van der Waals surface area contributed by atoms with E-state index in [0.717, 1.165) is 18.4 Å². The second-order valence-corrected chi connectivity index (χ2v) is 10.8. The Hall–Kier alpha value is -2.91. The van der Waals surface area contributed by atoms with E-state index in [1.807, 2.05) is 45.0 Å². The van der Waals surface area contributed by atoms with Crippen LogP contribution in [0.3, 0.4) is 0 Å². The first kappa shape index (κ1) is 25.7. The zero-order valence-corrected chi connectivity index (χ0v) is 20.9. The van der Waals surface area contributed by atoms with Gasteiger partial charge in [-0.3, -0.25) is 9.59 Å². The standard InChI is InChI=1S/C25H33N3O5S/c1-5-19-8-6-7-9-21(19)27-24(29)14-26-25(30)20-10-11-22(33-4)23(13-20)34(31,32)28-15-17(2)12-18(3)16-28/h6-11,13,17-18H,5,12,14-16H2,1-4H3,(H,26,30)(H,27,29)/t17-,18+. The lowest BCUT2D eigenvalue weighted by Crippen LogP contribution is -2.42. The zero-order chi connectivity index (χ0) is 24.9. The van der Waals surface area contributed by atoms with Crippen LogP contribution in [-0.4, -0.2) is 51.3 Å². The van der Waals surface area contributed by atoms with Crippen molar-refractivity contribution in [3.05, 3.63) is 53.6 Å². The van der Waals surface area contributed by atoms with Crippen molar-refractivity contribution < 1.29 is 22.7 Å². The van der Waals surface area contributed by atoms with Gasteiger partial charge in [0.25, 0.3) is 5.91 Å². The molecule has 1 aliphatic heterocycles. The van der Waals surface area contributed by atoms with E-state index < -0.39 is 15.9 Å². The fourth-order valence-electron chi connectivity index (χ4n) is 4.37. The second-order valence-electron chi connectivity index (χ2n) is 8.88. The minimum absolute atomic E-state index is 0.0507. The first-order valence-electron chi connectivity index (χ1n) is 11.5. The molecule has 2 atom stereocenters. The normalized spacial score (nSPS) is 18.8. The highest BCUT2D eigenvalue weighted by molar-refractivity contribution is 7.89. The van der Waals surface area contributed by atoms with E-state index in [4.69, 9.17) is 4.74 Å². The second kappa shape index (κ2) is 11.0. The van der Waals surface area contributed by atoms with E-state index in [0.29, 0.717) is 18.8 Å². The van der Waals surface area contributed by atoms with Gasteiger partial charge < -0.3 is 15.4 Å². The molecule has 1 saturated heterocycles. The Balaban J connectivity index is 1.74. The van der Waals surface area contributed by atoms with Crippen molar-refractivity contribution in [1.82, 2.24) is 9.62 Å². The highest BCUT2D eigenvalue weighted by atomic mass is 32.2. The Morgan fingerprint density at radius 2 is 1.76 bits per heavy atom. The van der Waals surface area contributed by atoms with Gasteiger partial charge in [-0.15, -0.1) is 0 Å².